The molecule has 0 atom stereocenters. The fourth-order valence-corrected chi connectivity index (χ4v) is 3.88. The fraction of sp³-hybridized carbons (Fsp3) is 0.833. The second-order valence-corrected chi connectivity index (χ2v) is 7.59. The average molecular weight is 333 g/mol. The number of ether oxygens (including phenoxy) is 1. The SMILES string of the molecule is O=C(C1CCCC1)N1CCC(c2noc(COCC3CC3)n2)CC1. The zero-order chi connectivity index (χ0) is 16.4. The van der Waals surface area contributed by atoms with Gasteiger partial charge in [-0.05, 0) is 44.4 Å². The molecule has 1 aromatic heterocycles. The van der Waals surface area contributed by atoms with Crippen molar-refractivity contribution in [1.29, 1.82) is 0 Å². The third-order valence-electron chi connectivity index (χ3n) is 5.64. The van der Waals surface area contributed by atoms with E-state index >= 15 is 0 Å². The number of piperidine rings is 1. The maximum atomic E-state index is 12.5. The van der Waals surface area contributed by atoms with Crippen LogP contribution < -0.4 is 0 Å². The molecule has 24 heavy (non-hydrogen) atoms. The van der Waals surface area contributed by atoms with E-state index in [0.29, 0.717) is 24.3 Å². The molecule has 0 unspecified atom stereocenters. The molecular formula is C18H27N3O3. The Kier molecular flexibility index (Phi) is 4.83. The van der Waals surface area contributed by atoms with E-state index in [9.17, 15) is 4.79 Å². The van der Waals surface area contributed by atoms with E-state index in [2.05, 4.69) is 10.1 Å². The van der Waals surface area contributed by atoms with Crippen LogP contribution in [-0.2, 0) is 16.1 Å². The molecule has 132 valence electrons. The first-order chi connectivity index (χ1) is 11.8. The van der Waals surface area contributed by atoms with Crippen molar-refractivity contribution < 1.29 is 14.1 Å². The number of carbonyl (C=O) groups is 1. The van der Waals surface area contributed by atoms with E-state index in [0.717, 1.165) is 57.1 Å². The summed E-state index contributed by atoms with van der Waals surface area (Å²) in [7, 11) is 0. The highest BCUT2D eigenvalue weighted by atomic mass is 16.5. The van der Waals surface area contributed by atoms with Gasteiger partial charge in [0.25, 0.3) is 5.89 Å². The van der Waals surface area contributed by atoms with Crippen LogP contribution in [0.1, 0.15) is 69.0 Å². The molecule has 1 saturated heterocycles. The predicted molar refractivity (Wildman–Crippen MR) is 87.2 cm³/mol. The zero-order valence-electron chi connectivity index (χ0n) is 14.3. The summed E-state index contributed by atoms with van der Waals surface area (Å²) >= 11 is 0. The molecule has 2 aliphatic carbocycles. The Hall–Kier alpha value is -1.43. The molecule has 0 N–H and O–H groups in total. The van der Waals surface area contributed by atoms with E-state index in [-0.39, 0.29) is 5.92 Å². The van der Waals surface area contributed by atoms with Crippen LogP contribution >= 0.6 is 0 Å². The Morgan fingerprint density at radius 1 is 1.12 bits per heavy atom. The number of aromatic nitrogens is 2. The number of nitrogens with zero attached hydrogens (tertiary/aromatic N) is 3. The molecule has 1 aliphatic heterocycles. The summed E-state index contributed by atoms with van der Waals surface area (Å²) in [4.78, 5) is 19.0. The monoisotopic (exact) mass is 333 g/mol. The highest BCUT2D eigenvalue weighted by Crippen LogP contribution is 2.31. The van der Waals surface area contributed by atoms with E-state index in [4.69, 9.17) is 9.26 Å². The maximum absolute atomic E-state index is 12.5. The van der Waals surface area contributed by atoms with Gasteiger partial charge in [0.2, 0.25) is 5.91 Å². The molecule has 6 nitrogen and oxygen atoms in total. The van der Waals surface area contributed by atoms with Crippen LogP contribution in [0.5, 0.6) is 0 Å². The van der Waals surface area contributed by atoms with Crippen LogP contribution in [0.15, 0.2) is 4.52 Å². The van der Waals surface area contributed by atoms with Gasteiger partial charge in [-0.3, -0.25) is 4.79 Å². The molecule has 0 spiro atoms. The summed E-state index contributed by atoms with van der Waals surface area (Å²) in [5.74, 6) is 3.06. The fourth-order valence-electron chi connectivity index (χ4n) is 3.88. The number of likely N-dealkylation sites (tertiary alicyclic amines) is 1. The highest BCUT2D eigenvalue weighted by Gasteiger charge is 2.31. The first-order valence-corrected chi connectivity index (χ1v) is 9.48. The molecule has 3 fully saturated rings. The van der Waals surface area contributed by atoms with Gasteiger partial charge in [-0.1, -0.05) is 18.0 Å². The smallest absolute Gasteiger partial charge is 0.252 e. The highest BCUT2D eigenvalue weighted by molar-refractivity contribution is 5.79. The number of hydrogen-bond acceptors (Lipinski definition) is 5. The molecule has 1 amide bonds. The van der Waals surface area contributed by atoms with E-state index in [1.807, 2.05) is 4.90 Å². The number of hydrogen-bond donors (Lipinski definition) is 0. The molecule has 1 aromatic rings. The molecule has 0 aromatic carbocycles. The van der Waals surface area contributed by atoms with Crippen molar-refractivity contribution in [3.63, 3.8) is 0 Å². The van der Waals surface area contributed by atoms with Crippen molar-refractivity contribution in [2.24, 2.45) is 11.8 Å². The lowest BCUT2D eigenvalue weighted by atomic mass is 9.95. The Bertz CT molecular complexity index is 556. The normalized spacial score (nSPS) is 23.1. The van der Waals surface area contributed by atoms with Gasteiger partial charge in [-0.2, -0.15) is 4.98 Å². The summed E-state index contributed by atoms with van der Waals surface area (Å²) in [5, 5.41) is 4.13. The van der Waals surface area contributed by atoms with Gasteiger partial charge < -0.3 is 14.2 Å². The van der Waals surface area contributed by atoms with Crippen LogP contribution in [0.25, 0.3) is 0 Å². The Balaban J connectivity index is 1.24. The molecule has 0 bridgehead atoms. The van der Waals surface area contributed by atoms with Gasteiger partial charge in [0.1, 0.15) is 6.61 Å². The van der Waals surface area contributed by atoms with E-state index in [1.54, 1.807) is 0 Å². The number of carbonyl (C=O) groups excluding carboxylic acids is 1. The Morgan fingerprint density at radius 2 is 1.88 bits per heavy atom. The largest absolute Gasteiger partial charge is 0.371 e. The molecule has 2 heterocycles. The van der Waals surface area contributed by atoms with Crippen molar-refractivity contribution in [3.8, 4) is 0 Å². The quantitative estimate of drug-likeness (QED) is 0.800. The van der Waals surface area contributed by atoms with Crippen LogP contribution in [0.3, 0.4) is 0 Å². The Labute approximate surface area is 142 Å². The second-order valence-electron chi connectivity index (χ2n) is 7.59. The van der Waals surface area contributed by atoms with Crippen LogP contribution in [0.2, 0.25) is 0 Å². The lowest BCUT2D eigenvalue weighted by Crippen LogP contribution is -2.40. The van der Waals surface area contributed by atoms with Crippen LogP contribution in [0.4, 0.5) is 0 Å². The van der Waals surface area contributed by atoms with E-state index in [1.165, 1.54) is 25.7 Å². The predicted octanol–water partition coefficient (Wildman–Crippen LogP) is 2.89. The molecule has 3 aliphatic rings. The summed E-state index contributed by atoms with van der Waals surface area (Å²) in [5.41, 5.74) is 0. The molecule has 0 radical (unpaired) electrons. The lowest BCUT2D eigenvalue weighted by Gasteiger charge is -2.32. The van der Waals surface area contributed by atoms with Crippen molar-refractivity contribution in [2.45, 2.75) is 63.9 Å². The minimum Gasteiger partial charge on any atom is -0.371 e. The van der Waals surface area contributed by atoms with Crippen molar-refractivity contribution in [1.82, 2.24) is 15.0 Å². The van der Waals surface area contributed by atoms with Crippen LogP contribution in [0, 0.1) is 11.8 Å². The third kappa shape index (κ3) is 3.79. The first kappa shape index (κ1) is 16.1. The summed E-state index contributed by atoms with van der Waals surface area (Å²) in [6, 6.07) is 0. The van der Waals surface area contributed by atoms with E-state index < -0.39 is 0 Å². The summed E-state index contributed by atoms with van der Waals surface area (Å²) < 4.78 is 10.9. The topological polar surface area (TPSA) is 68.5 Å². The minimum atomic E-state index is 0.280. The van der Waals surface area contributed by atoms with Crippen molar-refractivity contribution >= 4 is 5.91 Å². The molecule has 4 rings (SSSR count). The molecule has 2 saturated carbocycles. The van der Waals surface area contributed by atoms with Gasteiger partial charge >= 0.3 is 0 Å². The minimum absolute atomic E-state index is 0.280. The maximum Gasteiger partial charge on any atom is 0.252 e. The first-order valence-electron chi connectivity index (χ1n) is 9.48. The lowest BCUT2D eigenvalue weighted by molar-refractivity contribution is -0.136. The van der Waals surface area contributed by atoms with Gasteiger partial charge in [-0.25, -0.2) is 0 Å². The standard InChI is InChI=1S/C18H27N3O3/c22-18(15-3-1-2-4-15)21-9-7-14(8-10-21)17-19-16(24-20-17)12-23-11-13-5-6-13/h13-15H,1-12H2. The number of amides is 1. The summed E-state index contributed by atoms with van der Waals surface area (Å²) in [6.45, 7) is 2.87. The van der Waals surface area contributed by atoms with Crippen LogP contribution in [-0.4, -0.2) is 40.6 Å². The zero-order valence-corrected chi connectivity index (χ0v) is 14.3. The van der Waals surface area contributed by atoms with Gasteiger partial charge in [0.05, 0.1) is 6.61 Å². The van der Waals surface area contributed by atoms with Gasteiger partial charge in [0, 0.05) is 24.9 Å². The van der Waals surface area contributed by atoms with Gasteiger partial charge in [-0.15, -0.1) is 0 Å². The molecular weight excluding hydrogens is 306 g/mol. The molecule has 6 heteroatoms. The van der Waals surface area contributed by atoms with Crippen molar-refractivity contribution in [2.75, 3.05) is 19.7 Å². The third-order valence-corrected chi connectivity index (χ3v) is 5.64. The average Bonchev–Trinajstić information content (AvgIpc) is 3.10. The Morgan fingerprint density at radius 3 is 2.58 bits per heavy atom. The second kappa shape index (κ2) is 7.21. The van der Waals surface area contributed by atoms with Crippen molar-refractivity contribution in [3.05, 3.63) is 11.7 Å². The summed E-state index contributed by atoms with van der Waals surface area (Å²) in [6.07, 6.45) is 9.01. The number of rotatable bonds is 6. The van der Waals surface area contributed by atoms with Gasteiger partial charge in [0.15, 0.2) is 5.82 Å².